The Bertz CT molecular complexity index is 2170. The van der Waals surface area contributed by atoms with Crippen molar-refractivity contribution in [2.45, 2.75) is 38.8 Å². The Morgan fingerprint density at radius 1 is 0.957 bits per heavy atom. The lowest BCUT2D eigenvalue weighted by atomic mass is 10.0. The smallest absolute Gasteiger partial charge is 0.200 e. The fourth-order valence-electron chi connectivity index (χ4n) is 5.45. The van der Waals surface area contributed by atoms with Gasteiger partial charge in [0.25, 0.3) is 0 Å². The highest BCUT2D eigenvalue weighted by molar-refractivity contribution is 5.94. The number of aliphatic hydroxyl groups is 1. The molecule has 1 fully saturated rings. The minimum absolute atomic E-state index is 0.00155. The first kappa shape index (κ1) is 30.3. The molecule has 1 aliphatic carbocycles. The molecule has 8 nitrogen and oxygen atoms in total. The number of halogens is 2. The van der Waals surface area contributed by atoms with Crippen LogP contribution in [0.2, 0.25) is 0 Å². The van der Waals surface area contributed by atoms with Gasteiger partial charge in [0.05, 0.1) is 22.0 Å². The molecule has 0 atom stereocenters. The monoisotopic (exact) mass is 634 g/mol. The van der Waals surface area contributed by atoms with Crippen molar-refractivity contribution >= 4 is 33.3 Å². The molecule has 47 heavy (non-hydrogen) atoms. The van der Waals surface area contributed by atoms with E-state index in [1.165, 1.54) is 24.3 Å². The summed E-state index contributed by atoms with van der Waals surface area (Å²) in [5.41, 5.74) is 1.47. The van der Waals surface area contributed by atoms with Gasteiger partial charge in [-0.15, -0.1) is 0 Å². The van der Waals surface area contributed by atoms with E-state index >= 15 is 4.39 Å². The van der Waals surface area contributed by atoms with E-state index in [1.54, 1.807) is 74.8 Å². The zero-order valence-corrected chi connectivity index (χ0v) is 25.8. The zero-order chi connectivity index (χ0) is 32.7. The Kier molecular flexibility index (Phi) is 7.81. The van der Waals surface area contributed by atoms with E-state index in [2.05, 4.69) is 19.9 Å². The first-order chi connectivity index (χ1) is 22.6. The van der Waals surface area contributed by atoms with Crippen molar-refractivity contribution in [3.05, 3.63) is 113 Å². The van der Waals surface area contributed by atoms with Crippen LogP contribution in [0.5, 0.6) is 17.2 Å². The van der Waals surface area contributed by atoms with Crippen molar-refractivity contribution in [1.29, 1.82) is 0 Å². The Hall–Kier alpha value is -5.35. The molecule has 238 valence electrons. The molecule has 0 spiro atoms. The number of hydrogen-bond acceptors (Lipinski definition) is 7. The molecule has 0 saturated heterocycles. The average Bonchev–Trinajstić information content (AvgIpc) is 3.87. The number of nitrogens with one attached hydrogen (secondary N) is 1. The molecule has 3 aromatic heterocycles. The third kappa shape index (κ3) is 6.64. The summed E-state index contributed by atoms with van der Waals surface area (Å²) < 4.78 is 42.9. The summed E-state index contributed by atoms with van der Waals surface area (Å²) in [6.45, 7) is 4.17. The highest BCUT2D eigenvalue weighted by Crippen LogP contribution is 2.35. The van der Waals surface area contributed by atoms with E-state index in [0.29, 0.717) is 56.0 Å². The Morgan fingerprint density at radius 2 is 1.74 bits per heavy atom. The molecule has 3 aromatic carbocycles. The van der Waals surface area contributed by atoms with Crippen LogP contribution in [0.3, 0.4) is 0 Å². The van der Waals surface area contributed by atoms with Crippen LogP contribution in [-0.2, 0) is 6.54 Å². The lowest BCUT2D eigenvalue weighted by molar-refractivity contribution is 0.0285. The van der Waals surface area contributed by atoms with Gasteiger partial charge in [0.1, 0.15) is 29.7 Å². The van der Waals surface area contributed by atoms with Crippen molar-refractivity contribution in [1.82, 2.24) is 14.5 Å². The number of nitrogens with zero attached hydrogens (tertiary/aromatic N) is 3. The molecular weight excluding hydrogens is 602 g/mol. The summed E-state index contributed by atoms with van der Waals surface area (Å²) >= 11 is 0. The molecule has 2 N–H and O–H groups in total. The number of rotatable bonds is 10. The third-order valence-electron chi connectivity index (χ3n) is 7.98. The molecule has 0 unspecified atom stereocenters. The van der Waals surface area contributed by atoms with Crippen molar-refractivity contribution in [3.63, 3.8) is 0 Å². The minimum atomic E-state index is -0.988. The highest BCUT2D eigenvalue weighted by atomic mass is 19.1. The Balaban J connectivity index is 1.19. The second kappa shape index (κ2) is 12.1. The summed E-state index contributed by atoms with van der Waals surface area (Å²) in [6, 6.07) is 19.0. The molecule has 10 heteroatoms. The standard InChI is InChI=1S/C37H32F2N4O4/c1-37(2,45)21-46-26-10-11-27-30(18-26)40-16-14-32(27)47-33-12-9-25(17-29(33)39)42-36-34-31(13-15-41-36)43(19-22-3-4-22)20-28(35(34)44)23-5-7-24(38)8-6-23/h5-18,20,22,45H,3-4,19,21H2,1-2H3,(H,41,42). The van der Waals surface area contributed by atoms with E-state index in [0.717, 1.165) is 19.4 Å². The van der Waals surface area contributed by atoms with Crippen LogP contribution in [0.15, 0.2) is 96.2 Å². The van der Waals surface area contributed by atoms with Crippen LogP contribution in [0.25, 0.3) is 32.9 Å². The highest BCUT2D eigenvalue weighted by Gasteiger charge is 2.24. The number of hydrogen-bond donors (Lipinski definition) is 2. The SMILES string of the molecule is CC(C)(O)COc1ccc2c(Oc3ccc(Nc4nccc5c4c(=O)c(-c4ccc(F)cc4)cn5CC4CC4)cc3F)ccnc2c1. The number of benzene rings is 3. The van der Waals surface area contributed by atoms with E-state index in [-0.39, 0.29) is 29.4 Å². The maximum atomic E-state index is 15.5. The third-order valence-corrected chi connectivity index (χ3v) is 7.98. The fourth-order valence-corrected chi connectivity index (χ4v) is 5.45. The van der Waals surface area contributed by atoms with Gasteiger partial charge in [-0.1, -0.05) is 12.1 Å². The number of ether oxygens (including phenoxy) is 2. The van der Waals surface area contributed by atoms with Crippen LogP contribution in [0, 0.1) is 17.6 Å². The summed E-state index contributed by atoms with van der Waals surface area (Å²) in [5, 5.41) is 14.1. The number of pyridine rings is 3. The lowest BCUT2D eigenvalue weighted by Gasteiger charge is -2.18. The van der Waals surface area contributed by atoms with Crippen molar-refractivity contribution in [2.75, 3.05) is 11.9 Å². The number of aromatic nitrogens is 3. The predicted molar refractivity (Wildman–Crippen MR) is 177 cm³/mol. The molecule has 1 aliphatic rings. The first-order valence-electron chi connectivity index (χ1n) is 15.4. The maximum Gasteiger partial charge on any atom is 0.200 e. The van der Waals surface area contributed by atoms with Gasteiger partial charge in [-0.25, -0.2) is 13.8 Å². The van der Waals surface area contributed by atoms with Gasteiger partial charge in [-0.05, 0) is 86.7 Å². The summed E-state index contributed by atoms with van der Waals surface area (Å²) in [4.78, 5) is 22.8. The van der Waals surface area contributed by atoms with Crippen molar-refractivity contribution in [2.24, 2.45) is 5.92 Å². The largest absolute Gasteiger partial charge is 0.491 e. The molecule has 1 saturated carbocycles. The Labute approximate surface area is 269 Å². The van der Waals surface area contributed by atoms with E-state index in [9.17, 15) is 14.3 Å². The van der Waals surface area contributed by atoms with E-state index in [4.69, 9.17) is 9.47 Å². The quantitative estimate of drug-likeness (QED) is 0.158. The van der Waals surface area contributed by atoms with Gasteiger partial charge >= 0.3 is 0 Å². The lowest BCUT2D eigenvalue weighted by Crippen LogP contribution is -2.27. The maximum absolute atomic E-state index is 15.5. The van der Waals surface area contributed by atoms with Crippen LogP contribution in [0.4, 0.5) is 20.3 Å². The van der Waals surface area contributed by atoms with Gasteiger partial charge in [-0.3, -0.25) is 9.78 Å². The molecule has 3 heterocycles. The second-order valence-corrected chi connectivity index (χ2v) is 12.5. The fraction of sp³-hybridized carbons (Fsp3) is 0.216. The van der Waals surface area contributed by atoms with E-state index in [1.807, 2.05) is 6.20 Å². The molecule has 6 aromatic rings. The van der Waals surface area contributed by atoms with Crippen LogP contribution in [-0.4, -0.2) is 31.8 Å². The Morgan fingerprint density at radius 3 is 2.49 bits per heavy atom. The van der Waals surface area contributed by atoms with Gasteiger partial charge < -0.3 is 24.5 Å². The molecule has 0 amide bonds. The van der Waals surface area contributed by atoms with Crippen molar-refractivity contribution in [3.8, 4) is 28.4 Å². The zero-order valence-electron chi connectivity index (χ0n) is 25.8. The molecule has 0 aliphatic heterocycles. The topological polar surface area (TPSA) is 98.5 Å². The van der Waals surface area contributed by atoms with Gasteiger partial charge in [-0.2, -0.15) is 0 Å². The van der Waals surface area contributed by atoms with E-state index < -0.39 is 11.4 Å². The molecule has 0 radical (unpaired) electrons. The van der Waals surface area contributed by atoms with Gasteiger partial charge in [0.15, 0.2) is 11.6 Å². The molecule has 7 rings (SSSR count). The number of anilines is 2. The van der Waals surface area contributed by atoms with Crippen LogP contribution >= 0.6 is 0 Å². The normalized spacial score (nSPS) is 13.2. The van der Waals surface area contributed by atoms with Gasteiger partial charge in [0, 0.05) is 53.9 Å². The average molecular weight is 635 g/mol. The summed E-state index contributed by atoms with van der Waals surface area (Å²) in [6.07, 6.45) is 7.26. The summed E-state index contributed by atoms with van der Waals surface area (Å²) in [7, 11) is 0. The van der Waals surface area contributed by atoms with Crippen LogP contribution < -0.4 is 20.2 Å². The summed E-state index contributed by atoms with van der Waals surface area (Å²) in [5.74, 6) is 0.757. The molecule has 0 bridgehead atoms. The van der Waals surface area contributed by atoms with Crippen molar-refractivity contribution < 1.29 is 23.4 Å². The van der Waals surface area contributed by atoms with Crippen LogP contribution in [0.1, 0.15) is 26.7 Å². The second-order valence-electron chi connectivity index (χ2n) is 12.5. The minimum Gasteiger partial charge on any atom is -0.491 e. The first-order valence-corrected chi connectivity index (χ1v) is 15.4. The predicted octanol–water partition coefficient (Wildman–Crippen LogP) is 7.99. The van der Waals surface area contributed by atoms with Gasteiger partial charge in [0.2, 0.25) is 5.43 Å². The number of fused-ring (bicyclic) bond motifs is 2. The molecular formula is C37H32F2N4O4.